The van der Waals surface area contributed by atoms with Crippen LogP contribution in [-0.2, 0) is 9.59 Å². The molecule has 2 heterocycles. The first-order chi connectivity index (χ1) is 10.0. The van der Waals surface area contributed by atoms with E-state index < -0.39 is 5.38 Å². The minimum atomic E-state index is -0.431. The number of carbonyl (C=O) groups is 2. The zero-order valence-corrected chi connectivity index (χ0v) is 13.0. The van der Waals surface area contributed by atoms with Crippen LogP contribution >= 0.6 is 27.5 Å². The molecule has 2 aromatic rings. The molecule has 108 valence electrons. The highest BCUT2D eigenvalue weighted by atomic mass is 79.9. The number of rotatable bonds is 2. The zero-order valence-electron chi connectivity index (χ0n) is 10.7. The van der Waals surface area contributed by atoms with Gasteiger partial charge in [0.1, 0.15) is 6.42 Å². The van der Waals surface area contributed by atoms with Crippen molar-refractivity contribution in [3.05, 3.63) is 46.3 Å². The van der Waals surface area contributed by atoms with Crippen LogP contribution < -0.4 is 10.6 Å². The summed E-state index contributed by atoms with van der Waals surface area (Å²) in [7, 11) is 0. The maximum atomic E-state index is 11.6. The molecule has 21 heavy (non-hydrogen) atoms. The predicted octanol–water partition coefficient (Wildman–Crippen LogP) is 3.65. The Balaban J connectivity index is 1.98. The summed E-state index contributed by atoms with van der Waals surface area (Å²) in [6.45, 7) is 0. The average Bonchev–Trinajstić information content (AvgIpc) is 2.79. The average molecular weight is 370 g/mol. The molecular formula is C14H10BrClN2O3. The van der Waals surface area contributed by atoms with Crippen LogP contribution in [0.15, 0.2) is 39.6 Å². The Bertz CT molecular complexity index is 729. The molecule has 2 amide bonds. The number of amides is 2. The van der Waals surface area contributed by atoms with Crippen LogP contribution in [0, 0.1) is 0 Å². The number of halogens is 2. The van der Waals surface area contributed by atoms with Crippen molar-refractivity contribution in [2.24, 2.45) is 0 Å². The maximum Gasteiger partial charge on any atom is 0.233 e. The van der Waals surface area contributed by atoms with Gasteiger partial charge >= 0.3 is 0 Å². The fourth-order valence-electron chi connectivity index (χ4n) is 2.13. The van der Waals surface area contributed by atoms with Gasteiger partial charge in [-0.05, 0) is 39.7 Å². The molecular weight excluding hydrogens is 360 g/mol. The first kappa shape index (κ1) is 14.2. The van der Waals surface area contributed by atoms with Gasteiger partial charge in [0.2, 0.25) is 11.8 Å². The summed E-state index contributed by atoms with van der Waals surface area (Å²) in [6.07, 6.45) is 1.35. The van der Waals surface area contributed by atoms with Crippen LogP contribution in [-0.4, -0.2) is 11.8 Å². The highest BCUT2D eigenvalue weighted by Gasteiger charge is 2.21. The summed E-state index contributed by atoms with van der Waals surface area (Å²) >= 11 is 9.73. The smallest absolute Gasteiger partial charge is 0.233 e. The molecule has 1 atom stereocenters. The molecule has 0 bridgehead atoms. The lowest BCUT2D eigenvalue weighted by atomic mass is 10.1. The standard InChI is InChI=1S/C14H10BrClN2O3/c15-14-8(3-4-21-14)13(16)7-1-2-9-10(5-7)18-12(20)6-11(19)17-9/h1-5,13H,6H2,(H,17,19)(H,18,20). The first-order valence-electron chi connectivity index (χ1n) is 6.15. The van der Waals surface area contributed by atoms with Crippen molar-refractivity contribution in [2.75, 3.05) is 10.6 Å². The van der Waals surface area contributed by atoms with Gasteiger partial charge in [-0.15, -0.1) is 11.6 Å². The van der Waals surface area contributed by atoms with E-state index in [-0.39, 0.29) is 18.2 Å². The number of fused-ring (bicyclic) bond motifs is 1. The number of nitrogens with one attached hydrogen (secondary N) is 2. The molecule has 7 heteroatoms. The van der Waals surface area contributed by atoms with E-state index >= 15 is 0 Å². The van der Waals surface area contributed by atoms with E-state index in [9.17, 15) is 9.59 Å². The third kappa shape index (κ3) is 2.82. The van der Waals surface area contributed by atoms with E-state index in [1.807, 2.05) is 0 Å². The van der Waals surface area contributed by atoms with Gasteiger partial charge in [0, 0.05) is 5.56 Å². The summed E-state index contributed by atoms with van der Waals surface area (Å²) in [5, 5.41) is 4.93. The van der Waals surface area contributed by atoms with Gasteiger partial charge in [-0.25, -0.2) is 0 Å². The Kier molecular flexibility index (Phi) is 3.73. The number of furan rings is 1. The lowest BCUT2D eigenvalue weighted by Crippen LogP contribution is -2.16. The Morgan fingerprint density at radius 1 is 1.14 bits per heavy atom. The summed E-state index contributed by atoms with van der Waals surface area (Å²) < 4.78 is 5.74. The van der Waals surface area contributed by atoms with Crippen LogP contribution in [0.3, 0.4) is 0 Å². The highest BCUT2D eigenvalue weighted by molar-refractivity contribution is 9.10. The van der Waals surface area contributed by atoms with Gasteiger partial charge in [0.05, 0.1) is 23.0 Å². The fraction of sp³-hybridized carbons (Fsp3) is 0.143. The van der Waals surface area contributed by atoms with Crippen LogP contribution in [0.1, 0.15) is 22.9 Å². The number of hydrogen-bond donors (Lipinski definition) is 2. The van der Waals surface area contributed by atoms with Crippen LogP contribution in [0.25, 0.3) is 0 Å². The second kappa shape index (κ2) is 5.54. The van der Waals surface area contributed by atoms with E-state index in [2.05, 4.69) is 26.6 Å². The molecule has 1 aliphatic heterocycles. The molecule has 0 aliphatic carbocycles. The SMILES string of the molecule is O=C1CC(=O)Nc2cc(C(Cl)c3ccoc3Br)ccc2N1. The number of alkyl halides is 1. The van der Waals surface area contributed by atoms with Gasteiger partial charge in [0.15, 0.2) is 4.67 Å². The van der Waals surface area contributed by atoms with E-state index in [0.29, 0.717) is 16.0 Å². The number of benzene rings is 1. The lowest BCUT2D eigenvalue weighted by Gasteiger charge is -2.13. The molecule has 1 aromatic heterocycles. The van der Waals surface area contributed by atoms with E-state index in [1.54, 1.807) is 30.5 Å². The van der Waals surface area contributed by atoms with Crippen molar-refractivity contribution in [3.63, 3.8) is 0 Å². The molecule has 0 spiro atoms. The largest absolute Gasteiger partial charge is 0.457 e. The van der Waals surface area contributed by atoms with Crippen molar-refractivity contribution in [1.82, 2.24) is 0 Å². The summed E-state index contributed by atoms with van der Waals surface area (Å²) in [5.74, 6) is -0.682. The van der Waals surface area contributed by atoms with Crippen LogP contribution in [0.4, 0.5) is 11.4 Å². The lowest BCUT2D eigenvalue weighted by molar-refractivity contribution is -0.123. The van der Waals surface area contributed by atoms with Crippen LogP contribution in [0.5, 0.6) is 0 Å². The van der Waals surface area contributed by atoms with Crippen molar-refractivity contribution >= 4 is 50.7 Å². The normalized spacial score (nSPS) is 15.7. The third-order valence-electron chi connectivity index (χ3n) is 3.12. The monoisotopic (exact) mass is 368 g/mol. The number of anilines is 2. The Morgan fingerprint density at radius 2 is 1.86 bits per heavy atom. The molecule has 0 fully saturated rings. The topological polar surface area (TPSA) is 71.3 Å². The number of carbonyl (C=O) groups excluding carboxylic acids is 2. The second-order valence-electron chi connectivity index (χ2n) is 4.59. The quantitative estimate of drug-likeness (QED) is 0.627. The van der Waals surface area contributed by atoms with Gasteiger partial charge in [-0.3, -0.25) is 9.59 Å². The predicted molar refractivity (Wildman–Crippen MR) is 82.4 cm³/mol. The van der Waals surface area contributed by atoms with E-state index in [4.69, 9.17) is 16.0 Å². The van der Waals surface area contributed by atoms with Gasteiger partial charge in [-0.2, -0.15) is 0 Å². The summed E-state index contributed by atoms with van der Waals surface area (Å²) in [5.41, 5.74) is 2.67. The van der Waals surface area contributed by atoms with Gasteiger partial charge in [-0.1, -0.05) is 6.07 Å². The molecule has 1 aliphatic rings. The second-order valence-corrected chi connectivity index (χ2v) is 5.75. The minimum absolute atomic E-state index is 0.193. The highest BCUT2D eigenvalue weighted by Crippen LogP contribution is 2.37. The molecule has 0 saturated heterocycles. The molecule has 0 radical (unpaired) electrons. The van der Waals surface area contributed by atoms with Crippen molar-refractivity contribution in [2.45, 2.75) is 11.8 Å². The molecule has 0 saturated carbocycles. The van der Waals surface area contributed by atoms with E-state index in [0.717, 1.165) is 11.1 Å². The Labute approximate surface area is 133 Å². The van der Waals surface area contributed by atoms with Crippen molar-refractivity contribution in [3.8, 4) is 0 Å². The molecule has 1 unspecified atom stereocenters. The van der Waals surface area contributed by atoms with Gasteiger partial charge in [0.25, 0.3) is 0 Å². The minimum Gasteiger partial charge on any atom is -0.457 e. The maximum absolute atomic E-state index is 11.6. The fourth-order valence-corrected chi connectivity index (χ4v) is 3.04. The van der Waals surface area contributed by atoms with Crippen molar-refractivity contribution < 1.29 is 14.0 Å². The molecule has 3 rings (SSSR count). The summed E-state index contributed by atoms with van der Waals surface area (Å²) in [4.78, 5) is 23.1. The molecule has 2 N–H and O–H groups in total. The first-order valence-corrected chi connectivity index (χ1v) is 7.38. The molecule has 5 nitrogen and oxygen atoms in total. The summed E-state index contributed by atoms with van der Waals surface area (Å²) in [6, 6.07) is 7.04. The van der Waals surface area contributed by atoms with Crippen LogP contribution in [0.2, 0.25) is 0 Å². The molecule has 1 aromatic carbocycles. The van der Waals surface area contributed by atoms with E-state index in [1.165, 1.54) is 0 Å². The number of hydrogen-bond acceptors (Lipinski definition) is 3. The Hall–Kier alpha value is -1.79. The van der Waals surface area contributed by atoms with Crippen molar-refractivity contribution in [1.29, 1.82) is 0 Å². The zero-order chi connectivity index (χ0) is 15.0. The Morgan fingerprint density at radius 3 is 2.52 bits per heavy atom. The van der Waals surface area contributed by atoms with Gasteiger partial charge < -0.3 is 15.1 Å². The third-order valence-corrected chi connectivity index (χ3v) is 4.26.